The van der Waals surface area contributed by atoms with Crippen molar-refractivity contribution in [1.82, 2.24) is 10.3 Å². The zero-order valence-corrected chi connectivity index (χ0v) is 9.42. The van der Waals surface area contributed by atoms with E-state index in [0.29, 0.717) is 16.7 Å². The number of carbonyl (C=O) groups excluding carboxylic acids is 2. The monoisotopic (exact) mass is 242 g/mol. The quantitative estimate of drug-likeness (QED) is 0.818. The van der Waals surface area contributed by atoms with Crippen molar-refractivity contribution in [1.29, 1.82) is 0 Å². The third-order valence-corrected chi connectivity index (χ3v) is 2.22. The minimum Gasteiger partial charge on any atom is -0.409 e. The molecular formula is C13H10N2O3. The first-order valence-corrected chi connectivity index (χ1v) is 5.19. The van der Waals surface area contributed by atoms with Gasteiger partial charge in [-0.15, -0.1) is 0 Å². The lowest BCUT2D eigenvalue weighted by Gasteiger charge is -2.06. The molecular weight excluding hydrogens is 232 g/mol. The summed E-state index contributed by atoms with van der Waals surface area (Å²) < 4.78 is 5.04. The summed E-state index contributed by atoms with van der Waals surface area (Å²) in [5.74, 6) is -0.270. The Morgan fingerprint density at radius 1 is 1.28 bits per heavy atom. The van der Waals surface area contributed by atoms with Gasteiger partial charge in [-0.3, -0.25) is 15.1 Å². The number of hydrogen-bond donors (Lipinski definition) is 1. The first-order valence-electron chi connectivity index (χ1n) is 5.19. The topological polar surface area (TPSA) is 68.3 Å². The average molecular weight is 242 g/mol. The number of amides is 2. The van der Waals surface area contributed by atoms with Crippen LogP contribution in [0.2, 0.25) is 0 Å². The number of imide groups is 1. The highest BCUT2D eigenvalue weighted by Crippen LogP contribution is 2.23. The Balaban J connectivity index is 2.24. The number of para-hydroxylation sites is 1. The maximum Gasteiger partial charge on any atom is 0.419 e. The number of benzene rings is 1. The molecule has 2 amide bonds. The molecule has 0 saturated heterocycles. The van der Waals surface area contributed by atoms with Gasteiger partial charge in [0.1, 0.15) is 5.75 Å². The molecule has 2 aromatic rings. The lowest BCUT2D eigenvalue weighted by Crippen LogP contribution is -2.31. The molecule has 1 N–H and O–H groups in total. The van der Waals surface area contributed by atoms with Crippen molar-refractivity contribution in [3.63, 3.8) is 0 Å². The highest BCUT2D eigenvalue weighted by Gasteiger charge is 2.09. The Bertz CT molecular complexity index is 617. The van der Waals surface area contributed by atoms with Gasteiger partial charge in [-0.2, -0.15) is 0 Å². The van der Waals surface area contributed by atoms with E-state index in [-0.39, 0.29) is 0 Å². The molecule has 0 aliphatic rings. The van der Waals surface area contributed by atoms with E-state index in [4.69, 9.17) is 4.74 Å². The fourth-order valence-corrected chi connectivity index (χ4v) is 1.44. The van der Waals surface area contributed by atoms with Gasteiger partial charge in [0.15, 0.2) is 0 Å². The number of ether oxygens (including phenoxy) is 1. The zero-order chi connectivity index (χ0) is 13.0. The number of nitrogens with one attached hydrogen (secondary N) is 1. The summed E-state index contributed by atoms with van der Waals surface area (Å²) in [5, 5.41) is 2.70. The molecule has 1 heterocycles. The van der Waals surface area contributed by atoms with E-state index in [1.54, 1.807) is 18.2 Å². The second-order valence-electron chi connectivity index (χ2n) is 3.41. The van der Waals surface area contributed by atoms with Crippen LogP contribution in [0.3, 0.4) is 0 Å². The fourth-order valence-electron chi connectivity index (χ4n) is 1.44. The molecule has 0 fully saturated rings. The molecule has 2 rings (SSSR count). The van der Waals surface area contributed by atoms with Gasteiger partial charge in [0.25, 0.3) is 5.91 Å². The van der Waals surface area contributed by atoms with E-state index in [1.807, 2.05) is 17.4 Å². The third kappa shape index (κ3) is 2.52. The maximum absolute atomic E-state index is 11.4. The lowest BCUT2D eigenvalue weighted by atomic mass is 10.2. The minimum absolute atomic E-state index is 0.343. The molecule has 0 aliphatic carbocycles. The molecule has 0 radical (unpaired) electrons. The van der Waals surface area contributed by atoms with Crippen LogP contribution in [0.15, 0.2) is 49.2 Å². The van der Waals surface area contributed by atoms with Crippen LogP contribution in [0.4, 0.5) is 4.79 Å². The van der Waals surface area contributed by atoms with Crippen LogP contribution in [0.1, 0.15) is 0 Å². The second-order valence-corrected chi connectivity index (χ2v) is 3.41. The van der Waals surface area contributed by atoms with Gasteiger partial charge < -0.3 is 4.74 Å². The first-order chi connectivity index (χ1) is 8.70. The predicted octanol–water partition coefficient (Wildman–Crippen LogP) is 2.04. The van der Waals surface area contributed by atoms with Gasteiger partial charge in [0.2, 0.25) is 0 Å². The standard InChI is InChI=1S/C13H10N2O3/c1-2-12(16)15-13(17)18-11-7-8-14-10-6-4-3-5-9(10)11/h2-8H,1H2,(H,15,16,17). The molecule has 0 spiro atoms. The molecule has 0 aliphatic heterocycles. The van der Waals surface area contributed by atoms with Gasteiger partial charge in [0, 0.05) is 11.6 Å². The molecule has 0 bridgehead atoms. The minimum atomic E-state index is -0.851. The Morgan fingerprint density at radius 2 is 2.06 bits per heavy atom. The van der Waals surface area contributed by atoms with E-state index in [2.05, 4.69) is 11.6 Å². The summed E-state index contributed by atoms with van der Waals surface area (Å²) >= 11 is 0. The van der Waals surface area contributed by atoms with Gasteiger partial charge in [-0.25, -0.2) is 4.79 Å². The molecule has 5 nitrogen and oxygen atoms in total. The van der Waals surface area contributed by atoms with Crippen LogP contribution < -0.4 is 10.1 Å². The van der Waals surface area contributed by atoms with Gasteiger partial charge in [0.05, 0.1) is 5.52 Å². The maximum atomic E-state index is 11.4. The van der Waals surface area contributed by atoms with Crippen LogP contribution in [0, 0.1) is 0 Å². The fraction of sp³-hybridized carbons (Fsp3) is 0. The van der Waals surface area contributed by atoms with E-state index >= 15 is 0 Å². The molecule has 5 heteroatoms. The van der Waals surface area contributed by atoms with Gasteiger partial charge >= 0.3 is 6.09 Å². The van der Waals surface area contributed by atoms with Crippen molar-refractivity contribution >= 4 is 22.9 Å². The molecule has 0 atom stereocenters. The summed E-state index contributed by atoms with van der Waals surface area (Å²) in [7, 11) is 0. The van der Waals surface area contributed by atoms with Crippen LogP contribution in [-0.2, 0) is 4.79 Å². The van der Waals surface area contributed by atoms with Crippen molar-refractivity contribution in [3.05, 3.63) is 49.2 Å². The normalized spacial score (nSPS) is 9.78. The Kier molecular flexibility index (Phi) is 3.33. The number of hydrogen-bond acceptors (Lipinski definition) is 4. The highest BCUT2D eigenvalue weighted by molar-refractivity contribution is 5.99. The van der Waals surface area contributed by atoms with Crippen molar-refractivity contribution in [2.75, 3.05) is 0 Å². The van der Waals surface area contributed by atoms with Crippen molar-refractivity contribution < 1.29 is 14.3 Å². The number of carbonyl (C=O) groups is 2. The second kappa shape index (κ2) is 5.09. The number of rotatable bonds is 2. The SMILES string of the molecule is C=CC(=O)NC(=O)Oc1ccnc2ccccc12. The molecule has 1 aromatic heterocycles. The largest absolute Gasteiger partial charge is 0.419 e. The summed E-state index contributed by atoms with van der Waals surface area (Å²) in [6, 6.07) is 8.78. The highest BCUT2D eigenvalue weighted by atomic mass is 16.6. The van der Waals surface area contributed by atoms with Crippen LogP contribution >= 0.6 is 0 Å². The van der Waals surface area contributed by atoms with E-state index in [1.165, 1.54) is 6.20 Å². The predicted molar refractivity (Wildman–Crippen MR) is 66.1 cm³/mol. The lowest BCUT2D eigenvalue weighted by molar-refractivity contribution is -0.115. The van der Waals surface area contributed by atoms with Crippen LogP contribution in [-0.4, -0.2) is 17.0 Å². The molecule has 0 unspecified atom stereocenters. The first kappa shape index (κ1) is 11.8. The van der Waals surface area contributed by atoms with Crippen molar-refractivity contribution in [3.8, 4) is 5.75 Å². The Hall–Kier alpha value is -2.69. The smallest absolute Gasteiger partial charge is 0.409 e. The van der Waals surface area contributed by atoms with E-state index in [0.717, 1.165) is 6.08 Å². The summed E-state index contributed by atoms with van der Waals surface area (Å²) in [6.07, 6.45) is 1.67. The molecule has 1 aromatic carbocycles. The average Bonchev–Trinajstić information content (AvgIpc) is 2.39. The Morgan fingerprint density at radius 3 is 2.83 bits per heavy atom. The number of nitrogens with zero attached hydrogens (tertiary/aromatic N) is 1. The summed E-state index contributed by atoms with van der Waals surface area (Å²) in [4.78, 5) is 26.5. The third-order valence-electron chi connectivity index (χ3n) is 2.22. The van der Waals surface area contributed by atoms with E-state index in [9.17, 15) is 9.59 Å². The van der Waals surface area contributed by atoms with Crippen LogP contribution in [0.5, 0.6) is 5.75 Å². The summed E-state index contributed by atoms with van der Waals surface area (Å²) in [5.41, 5.74) is 0.706. The summed E-state index contributed by atoms with van der Waals surface area (Å²) in [6.45, 7) is 3.24. The van der Waals surface area contributed by atoms with E-state index < -0.39 is 12.0 Å². The molecule has 90 valence electrons. The zero-order valence-electron chi connectivity index (χ0n) is 9.42. The molecule has 18 heavy (non-hydrogen) atoms. The molecule has 0 saturated carbocycles. The number of aromatic nitrogens is 1. The van der Waals surface area contributed by atoms with Crippen LogP contribution in [0.25, 0.3) is 10.9 Å². The number of fused-ring (bicyclic) bond motifs is 1. The Labute approximate surface area is 103 Å². The van der Waals surface area contributed by atoms with Crippen molar-refractivity contribution in [2.45, 2.75) is 0 Å². The van der Waals surface area contributed by atoms with Crippen molar-refractivity contribution in [2.24, 2.45) is 0 Å². The number of pyridine rings is 1. The van der Waals surface area contributed by atoms with Gasteiger partial charge in [-0.1, -0.05) is 18.7 Å². The van der Waals surface area contributed by atoms with Gasteiger partial charge in [-0.05, 0) is 24.3 Å².